The fourth-order valence-electron chi connectivity index (χ4n) is 1.22. The quantitative estimate of drug-likeness (QED) is 0.851. The molecule has 0 radical (unpaired) electrons. The molecule has 1 rings (SSSR count). The number of nitrogens with zero attached hydrogens (tertiary/aromatic N) is 1. The van der Waals surface area contributed by atoms with Crippen LogP contribution in [0.2, 0.25) is 0 Å². The Balaban J connectivity index is 2.49. The molecule has 1 amide bonds. The molecule has 0 fully saturated rings. The van der Waals surface area contributed by atoms with Crippen LogP contribution >= 0.6 is 11.8 Å². The van der Waals surface area contributed by atoms with Gasteiger partial charge in [-0.15, -0.1) is 0 Å². The molecule has 0 saturated carbocycles. The van der Waals surface area contributed by atoms with Gasteiger partial charge >= 0.3 is 0 Å². The number of hydrogen-bond donors (Lipinski definition) is 1. The summed E-state index contributed by atoms with van der Waals surface area (Å²) < 4.78 is 0. The fourth-order valence-corrected chi connectivity index (χ4v) is 1.60. The molecule has 0 heterocycles. The lowest BCUT2D eigenvalue weighted by molar-refractivity contribution is -0.115. The summed E-state index contributed by atoms with van der Waals surface area (Å²) in [6.07, 6.45) is 2.91. The van der Waals surface area contributed by atoms with Crippen LogP contribution in [0.15, 0.2) is 24.3 Å². The molecule has 0 atom stereocenters. The Kier molecular flexibility index (Phi) is 5.44. The van der Waals surface area contributed by atoms with Gasteiger partial charge in [0.1, 0.15) is 0 Å². The highest BCUT2D eigenvalue weighted by Crippen LogP contribution is 2.10. The maximum absolute atomic E-state index is 11.4. The number of carbonyl (C=O) groups is 1. The van der Waals surface area contributed by atoms with E-state index in [1.807, 2.05) is 30.5 Å². The van der Waals surface area contributed by atoms with E-state index in [9.17, 15) is 4.79 Å². The minimum absolute atomic E-state index is 0.0300. The molecular weight excluding hydrogens is 220 g/mol. The number of anilines is 1. The Morgan fingerprint density at radius 3 is 2.69 bits per heavy atom. The molecule has 1 aromatic rings. The average molecular weight is 234 g/mol. The van der Waals surface area contributed by atoms with Crippen molar-refractivity contribution >= 4 is 23.4 Å². The number of amides is 1. The lowest BCUT2D eigenvalue weighted by Gasteiger charge is -2.04. The van der Waals surface area contributed by atoms with E-state index in [1.54, 1.807) is 11.8 Å². The maximum Gasteiger partial charge on any atom is 0.225 e. The first-order chi connectivity index (χ1) is 7.76. The lowest BCUT2D eigenvalue weighted by Crippen LogP contribution is -2.11. The summed E-state index contributed by atoms with van der Waals surface area (Å²) in [6, 6.07) is 9.44. The van der Waals surface area contributed by atoms with E-state index < -0.39 is 0 Å². The van der Waals surface area contributed by atoms with Gasteiger partial charge < -0.3 is 5.32 Å². The van der Waals surface area contributed by atoms with E-state index in [0.29, 0.717) is 12.8 Å². The highest BCUT2D eigenvalue weighted by molar-refractivity contribution is 7.98. The molecule has 0 aliphatic rings. The third-order valence-corrected chi connectivity index (χ3v) is 2.67. The highest BCUT2D eigenvalue weighted by Gasteiger charge is 2.01. The average Bonchev–Trinajstić information content (AvgIpc) is 2.29. The molecule has 16 heavy (non-hydrogen) atoms. The summed E-state index contributed by atoms with van der Waals surface area (Å²) in [5.74, 6) is 0.862. The van der Waals surface area contributed by atoms with E-state index in [4.69, 9.17) is 5.26 Å². The second kappa shape index (κ2) is 6.91. The third-order valence-electron chi connectivity index (χ3n) is 2.05. The fraction of sp³-hybridized carbons (Fsp3) is 0.333. The Bertz CT molecular complexity index is 381. The van der Waals surface area contributed by atoms with Crippen LogP contribution in [0.3, 0.4) is 0 Å². The van der Waals surface area contributed by atoms with Crippen molar-refractivity contribution in [1.82, 2.24) is 0 Å². The topological polar surface area (TPSA) is 52.9 Å². The van der Waals surface area contributed by atoms with Crippen molar-refractivity contribution in [3.05, 3.63) is 29.8 Å². The first-order valence-electron chi connectivity index (χ1n) is 5.01. The first-order valence-corrected chi connectivity index (χ1v) is 6.40. The molecule has 0 bridgehead atoms. The Morgan fingerprint density at radius 2 is 2.12 bits per heavy atom. The molecule has 84 valence electrons. The smallest absolute Gasteiger partial charge is 0.225 e. The van der Waals surface area contributed by atoms with Gasteiger partial charge in [0, 0.05) is 17.9 Å². The van der Waals surface area contributed by atoms with Crippen molar-refractivity contribution in [1.29, 1.82) is 5.26 Å². The molecule has 1 aromatic carbocycles. The maximum atomic E-state index is 11.4. The third kappa shape index (κ3) is 4.37. The van der Waals surface area contributed by atoms with Gasteiger partial charge in [0.15, 0.2) is 0 Å². The van der Waals surface area contributed by atoms with Crippen molar-refractivity contribution in [2.45, 2.75) is 12.8 Å². The summed E-state index contributed by atoms with van der Waals surface area (Å²) in [7, 11) is 0. The molecular formula is C12H14N2OS. The van der Waals surface area contributed by atoms with Crippen LogP contribution < -0.4 is 5.32 Å². The van der Waals surface area contributed by atoms with E-state index in [1.165, 1.54) is 0 Å². The molecule has 0 aliphatic carbocycles. The number of hydrogen-bond acceptors (Lipinski definition) is 3. The van der Waals surface area contributed by atoms with Gasteiger partial charge in [0.05, 0.1) is 12.5 Å². The largest absolute Gasteiger partial charge is 0.326 e. The summed E-state index contributed by atoms with van der Waals surface area (Å²) in [5, 5.41) is 11.3. The zero-order valence-corrected chi connectivity index (χ0v) is 10.0. The minimum atomic E-state index is 0.0300. The summed E-state index contributed by atoms with van der Waals surface area (Å²) >= 11 is 1.65. The number of thioether (sulfide) groups is 1. The van der Waals surface area contributed by atoms with Crippen LogP contribution in [0.5, 0.6) is 0 Å². The van der Waals surface area contributed by atoms with E-state index in [2.05, 4.69) is 11.4 Å². The zero-order chi connectivity index (χ0) is 11.8. The van der Waals surface area contributed by atoms with E-state index in [0.717, 1.165) is 17.0 Å². The van der Waals surface area contributed by atoms with Crippen molar-refractivity contribution in [2.75, 3.05) is 17.3 Å². The van der Waals surface area contributed by atoms with Crippen LogP contribution in [0, 0.1) is 11.3 Å². The van der Waals surface area contributed by atoms with Crippen molar-refractivity contribution in [3.8, 4) is 6.07 Å². The van der Waals surface area contributed by atoms with Crippen LogP contribution in [-0.2, 0) is 11.2 Å². The van der Waals surface area contributed by atoms with Crippen LogP contribution in [0.25, 0.3) is 0 Å². The van der Waals surface area contributed by atoms with Crippen LogP contribution in [0.4, 0.5) is 5.69 Å². The van der Waals surface area contributed by atoms with Gasteiger partial charge in [-0.05, 0) is 24.0 Å². The Hall–Kier alpha value is -1.47. The zero-order valence-electron chi connectivity index (χ0n) is 9.19. The number of carbonyl (C=O) groups excluding carboxylic acids is 1. The van der Waals surface area contributed by atoms with Gasteiger partial charge in [0.2, 0.25) is 5.91 Å². The molecule has 0 aliphatic heterocycles. The molecule has 0 unspecified atom stereocenters. The lowest BCUT2D eigenvalue weighted by atomic mass is 10.1. The molecule has 3 nitrogen and oxygen atoms in total. The summed E-state index contributed by atoms with van der Waals surface area (Å²) in [4.78, 5) is 11.4. The highest BCUT2D eigenvalue weighted by atomic mass is 32.2. The second-order valence-corrected chi connectivity index (χ2v) is 4.31. The van der Waals surface area contributed by atoms with Crippen LogP contribution in [-0.4, -0.2) is 17.9 Å². The standard InChI is InChI=1S/C12H14N2OS/c1-16-9-7-12(15)14-11-4-2-10(3-5-11)6-8-13/h2-5H,6-7,9H2,1H3,(H,14,15). The molecule has 0 saturated heterocycles. The van der Waals surface area contributed by atoms with Gasteiger partial charge in [0.25, 0.3) is 0 Å². The molecule has 0 spiro atoms. The van der Waals surface area contributed by atoms with E-state index >= 15 is 0 Å². The second-order valence-electron chi connectivity index (χ2n) is 3.32. The molecule has 1 N–H and O–H groups in total. The predicted molar refractivity (Wildman–Crippen MR) is 67.4 cm³/mol. The summed E-state index contributed by atoms with van der Waals surface area (Å²) in [5.41, 5.74) is 1.75. The van der Waals surface area contributed by atoms with Gasteiger partial charge in [-0.25, -0.2) is 0 Å². The number of nitriles is 1. The van der Waals surface area contributed by atoms with Crippen molar-refractivity contribution in [2.24, 2.45) is 0 Å². The Labute approximate surface area is 99.8 Å². The van der Waals surface area contributed by atoms with E-state index in [-0.39, 0.29) is 5.91 Å². The molecule has 0 aromatic heterocycles. The minimum Gasteiger partial charge on any atom is -0.326 e. The van der Waals surface area contributed by atoms with Gasteiger partial charge in [-0.3, -0.25) is 4.79 Å². The van der Waals surface area contributed by atoms with Gasteiger partial charge in [-0.2, -0.15) is 17.0 Å². The van der Waals surface area contributed by atoms with Crippen molar-refractivity contribution < 1.29 is 4.79 Å². The number of nitrogens with one attached hydrogen (secondary N) is 1. The SMILES string of the molecule is CSCCC(=O)Nc1ccc(CC#N)cc1. The first kappa shape index (κ1) is 12.6. The number of rotatable bonds is 5. The monoisotopic (exact) mass is 234 g/mol. The van der Waals surface area contributed by atoms with Crippen molar-refractivity contribution in [3.63, 3.8) is 0 Å². The van der Waals surface area contributed by atoms with Gasteiger partial charge in [-0.1, -0.05) is 12.1 Å². The van der Waals surface area contributed by atoms with Crippen LogP contribution in [0.1, 0.15) is 12.0 Å². The molecule has 4 heteroatoms. The number of benzene rings is 1. The predicted octanol–water partition coefficient (Wildman–Crippen LogP) is 2.44. The Morgan fingerprint density at radius 1 is 1.44 bits per heavy atom. The summed E-state index contributed by atoms with van der Waals surface area (Å²) in [6.45, 7) is 0. The normalized spacial score (nSPS) is 9.50.